The van der Waals surface area contributed by atoms with Gasteiger partial charge in [-0.15, -0.1) is 0 Å². The molecule has 35 heavy (non-hydrogen) atoms. The summed E-state index contributed by atoms with van der Waals surface area (Å²) >= 11 is 0. The highest BCUT2D eigenvalue weighted by atomic mass is 16.5. The maximum atomic E-state index is 12.5. The van der Waals surface area contributed by atoms with Crippen molar-refractivity contribution >= 4 is 11.9 Å². The van der Waals surface area contributed by atoms with Crippen molar-refractivity contribution in [3.05, 3.63) is 47.3 Å². The zero-order chi connectivity index (χ0) is 25.6. The van der Waals surface area contributed by atoms with Crippen LogP contribution in [0.5, 0.6) is 0 Å². The molecule has 1 N–H and O–H groups in total. The Morgan fingerprint density at radius 2 is 1.80 bits per heavy atom. The van der Waals surface area contributed by atoms with Gasteiger partial charge >= 0.3 is 5.97 Å². The molecule has 0 saturated carbocycles. The molecule has 1 aromatic heterocycles. The summed E-state index contributed by atoms with van der Waals surface area (Å²) in [6, 6.07) is 9.07. The van der Waals surface area contributed by atoms with E-state index in [0.29, 0.717) is 36.9 Å². The second kappa shape index (κ2) is 15.4. The lowest BCUT2D eigenvalue weighted by atomic mass is 10.0. The average Bonchev–Trinajstić information content (AvgIpc) is 3.33. The Bertz CT molecular complexity index is 907. The highest BCUT2D eigenvalue weighted by Gasteiger charge is 2.19. The number of hydrogen-bond acceptors (Lipinski definition) is 5. The molecule has 0 radical (unpaired) electrons. The number of hydrogen-bond donors (Lipinski definition) is 1. The number of benzene rings is 1. The zero-order valence-electron chi connectivity index (χ0n) is 22.1. The van der Waals surface area contributed by atoms with Crippen LogP contribution >= 0.6 is 0 Å². The molecule has 1 aromatic carbocycles. The second-order valence-electron chi connectivity index (χ2n) is 9.04. The Morgan fingerprint density at radius 3 is 2.43 bits per heavy atom. The molecule has 7 nitrogen and oxygen atoms in total. The average molecular weight is 486 g/mol. The first-order chi connectivity index (χ1) is 16.9. The third-order valence-electron chi connectivity index (χ3n) is 6.36. The summed E-state index contributed by atoms with van der Waals surface area (Å²) in [7, 11) is 0. The molecule has 0 aliphatic heterocycles. The molecule has 7 heteroatoms. The van der Waals surface area contributed by atoms with E-state index in [2.05, 4.69) is 38.1 Å². The molecule has 194 valence electrons. The Hall–Kier alpha value is -2.67. The first kappa shape index (κ1) is 28.6. The monoisotopic (exact) mass is 485 g/mol. The fourth-order valence-corrected chi connectivity index (χ4v) is 3.85. The van der Waals surface area contributed by atoms with Crippen LogP contribution < -0.4 is 5.32 Å². The molecule has 2 aromatic rings. The molecule has 0 aliphatic rings. The van der Waals surface area contributed by atoms with Gasteiger partial charge in [-0.25, -0.2) is 9.48 Å². The lowest BCUT2D eigenvalue weighted by Gasteiger charge is -2.14. The van der Waals surface area contributed by atoms with Crippen LogP contribution in [0.4, 0.5) is 0 Å². The number of nitrogens with zero attached hydrogens (tertiary/aromatic N) is 2. The van der Waals surface area contributed by atoms with Crippen LogP contribution in [0.3, 0.4) is 0 Å². The normalized spacial score (nSPS) is 12.8. The summed E-state index contributed by atoms with van der Waals surface area (Å²) in [4.78, 5) is 24.7. The molecule has 2 atom stereocenters. The van der Waals surface area contributed by atoms with E-state index in [1.165, 1.54) is 19.3 Å². The van der Waals surface area contributed by atoms with Crippen molar-refractivity contribution in [2.24, 2.45) is 5.92 Å². The first-order valence-corrected chi connectivity index (χ1v) is 13.2. The van der Waals surface area contributed by atoms with Gasteiger partial charge in [0.05, 0.1) is 12.3 Å². The lowest BCUT2D eigenvalue weighted by Crippen LogP contribution is -2.25. The fraction of sp³-hybridized carbons (Fsp3) is 0.607. The number of esters is 1. The van der Waals surface area contributed by atoms with Gasteiger partial charge in [0.1, 0.15) is 0 Å². The largest absolute Gasteiger partial charge is 0.461 e. The minimum atomic E-state index is -0.429. The molecular formula is C28H43N3O4. The molecule has 0 spiro atoms. The molecular weight excluding hydrogens is 442 g/mol. The minimum absolute atomic E-state index is 0.110. The topological polar surface area (TPSA) is 82.5 Å². The zero-order valence-corrected chi connectivity index (χ0v) is 22.1. The maximum absolute atomic E-state index is 12.5. The number of carbonyl (C=O) groups is 2. The third kappa shape index (κ3) is 8.80. The number of nitrogens with one attached hydrogen (secondary N) is 1. The van der Waals surface area contributed by atoms with E-state index in [9.17, 15) is 9.59 Å². The minimum Gasteiger partial charge on any atom is -0.461 e. The van der Waals surface area contributed by atoms with E-state index in [1.54, 1.807) is 29.8 Å². The maximum Gasteiger partial charge on any atom is 0.358 e. The molecule has 0 bridgehead atoms. The number of carbonyl (C=O) groups excluding carboxylic acids is 2. The molecule has 1 amide bonds. The van der Waals surface area contributed by atoms with E-state index in [1.807, 2.05) is 12.1 Å². The summed E-state index contributed by atoms with van der Waals surface area (Å²) in [5.41, 5.74) is 2.62. The highest BCUT2D eigenvalue weighted by Crippen LogP contribution is 2.24. The molecule has 0 saturated heterocycles. The van der Waals surface area contributed by atoms with E-state index in [0.717, 1.165) is 37.3 Å². The van der Waals surface area contributed by atoms with E-state index < -0.39 is 5.97 Å². The van der Waals surface area contributed by atoms with Crippen LogP contribution in [0.15, 0.2) is 30.3 Å². The second-order valence-corrected chi connectivity index (χ2v) is 9.04. The summed E-state index contributed by atoms with van der Waals surface area (Å²) < 4.78 is 12.7. The van der Waals surface area contributed by atoms with Crippen LogP contribution in [-0.4, -0.2) is 48.0 Å². The number of rotatable bonds is 16. The van der Waals surface area contributed by atoms with Gasteiger partial charge in [0.25, 0.3) is 5.91 Å². The van der Waals surface area contributed by atoms with Gasteiger partial charge in [0, 0.05) is 31.0 Å². The number of aromatic nitrogens is 2. The van der Waals surface area contributed by atoms with Crippen LogP contribution in [0, 0.1) is 5.92 Å². The van der Waals surface area contributed by atoms with Crippen molar-refractivity contribution in [2.45, 2.75) is 79.1 Å². The predicted molar refractivity (Wildman–Crippen MR) is 139 cm³/mol. The van der Waals surface area contributed by atoms with Crippen molar-refractivity contribution < 1.29 is 19.1 Å². The summed E-state index contributed by atoms with van der Waals surface area (Å²) in [6.07, 6.45) is 6.55. The molecule has 0 aliphatic carbocycles. The van der Waals surface area contributed by atoms with Gasteiger partial charge in [-0.2, -0.15) is 5.10 Å². The Balaban J connectivity index is 1.91. The van der Waals surface area contributed by atoms with Crippen molar-refractivity contribution in [1.29, 1.82) is 0 Å². The third-order valence-corrected chi connectivity index (χ3v) is 6.36. The van der Waals surface area contributed by atoms with Gasteiger partial charge in [-0.1, -0.05) is 47.0 Å². The van der Waals surface area contributed by atoms with Crippen LogP contribution in [0.1, 0.15) is 106 Å². The van der Waals surface area contributed by atoms with Gasteiger partial charge in [-0.05, 0) is 68.4 Å². The lowest BCUT2D eigenvalue weighted by molar-refractivity contribution is 0.0518. The van der Waals surface area contributed by atoms with Gasteiger partial charge in [0.2, 0.25) is 0 Å². The summed E-state index contributed by atoms with van der Waals surface area (Å²) in [6.45, 7) is 12.7. The number of ether oxygens (including phenoxy) is 2. The van der Waals surface area contributed by atoms with Crippen molar-refractivity contribution in [3.8, 4) is 5.69 Å². The van der Waals surface area contributed by atoms with E-state index in [-0.39, 0.29) is 11.8 Å². The quantitative estimate of drug-likeness (QED) is 0.236. The van der Waals surface area contributed by atoms with Crippen molar-refractivity contribution in [3.63, 3.8) is 0 Å². The van der Waals surface area contributed by atoms with Gasteiger partial charge in [0.15, 0.2) is 5.69 Å². The van der Waals surface area contributed by atoms with E-state index >= 15 is 0 Å². The van der Waals surface area contributed by atoms with Crippen molar-refractivity contribution in [2.75, 3.05) is 26.4 Å². The SMILES string of the molecule is CCCCC(CC)COCCCNC(=O)c1ccc(-n2nc(C(=O)OCC)cc2C(C)CC)cc1. The molecule has 1 heterocycles. The standard InChI is InChI=1S/C28H43N3O4/c1-6-10-12-22(8-3)20-34-18-11-17-29-27(32)23-13-15-24(16-14-23)31-26(21(5)7-2)19-25(30-31)28(33)35-9-4/h13-16,19,21-22H,6-12,17-18,20H2,1-5H3,(H,29,32). The van der Waals surface area contributed by atoms with Crippen LogP contribution in [-0.2, 0) is 9.47 Å². The molecule has 2 rings (SSSR count). The van der Waals surface area contributed by atoms with Gasteiger partial charge < -0.3 is 14.8 Å². The molecule has 2 unspecified atom stereocenters. The summed E-state index contributed by atoms with van der Waals surface area (Å²) in [5.74, 6) is 0.310. The van der Waals surface area contributed by atoms with Crippen LogP contribution in [0.2, 0.25) is 0 Å². The first-order valence-electron chi connectivity index (χ1n) is 13.2. The smallest absolute Gasteiger partial charge is 0.358 e. The van der Waals surface area contributed by atoms with Crippen molar-refractivity contribution in [1.82, 2.24) is 15.1 Å². The Kier molecular flexibility index (Phi) is 12.5. The Labute approximate surface area is 210 Å². The van der Waals surface area contributed by atoms with Gasteiger partial charge in [-0.3, -0.25) is 4.79 Å². The number of amides is 1. The highest BCUT2D eigenvalue weighted by molar-refractivity contribution is 5.94. The Morgan fingerprint density at radius 1 is 1.06 bits per heavy atom. The van der Waals surface area contributed by atoms with Crippen LogP contribution in [0.25, 0.3) is 5.69 Å². The fourth-order valence-electron chi connectivity index (χ4n) is 3.85. The molecule has 0 fully saturated rings. The summed E-state index contributed by atoms with van der Waals surface area (Å²) in [5, 5.41) is 7.45. The number of unbranched alkanes of at least 4 members (excludes halogenated alkanes) is 1. The predicted octanol–water partition coefficient (Wildman–Crippen LogP) is 5.92. The van der Waals surface area contributed by atoms with E-state index in [4.69, 9.17) is 9.47 Å².